The van der Waals surface area contributed by atoms with Crippen LogP contribution in [0, 0.1) is 11.3 Å². The minimum absolute atomic E-state index is 0.421. The number of hydrogen-bond donors (Lipinski definition) is 1. The monoisotopic (exact) mass is 253 g/mol. The van der Waals surface area contributed by atoms with Crippen LogP contribution in [0.4, 0.5) is 5.82 Å². The summed E-state index contributed by atoms with van der Waals surface area (Å²) in [4.78, 5) is 4.59. The average molecular weight is 253 g/mol. The molecule has 2 aromatic rings. The fourth-order valence-corrected chi connectivity index (χ4v) is 2.28. The van der Waals surface area contributed by atoms with Crippen molar-refractivity contribution in [2.75, 3.05) is 5.32 Å². The molecule has 0 saturated carbocycles. The number of pyridine rings is 1. The molecule has 0 spiro atoms. The summed E-state index contributed by atoms with van der Waals surface area (Å²) >= 11 is 0. The number of fused-ring (bicyclic) bond motifs is 1. The molecule has 3 nitrogen and oxygen atoms in total. The molecule has 1 N–H and O–H groups in total. The van der Waals surface area contributed by atoms with E-state index in [1.807, 2.05) is 30.3 Å². The number of aromatic nitrogens is 1. The van der Waals surface area contributed by atoms with Crippen molar-refractivity contribution in [1.29, 1.82) is 5.26 Å². The molecule has 1 aromatic heterocycles. The number of nitriles is 1. The maximum atomic E-state index is 9.25. The number of nitrogens with one attached hydrogen (secondary N) is 1. The molecule has 1 aromatic carbocycles. The second-order valence-corrected chi connectivity index (χ2v) is 4.72. The van der Waals surface area contributed by atoms with E-state index in [2.05, 4.69) is 30.2 Å². The fraction of sp³-hybridized carbons (Fsp3) is 0.375. The van der Waals surface area contributed by atoms with E-state index in [-0.39, 0.29) is 0 Å². The Balaban J connectivity index is 2.37. The van der Waals surface area contributed by atoms with Gasteiger partial charge in [-0.05, 0) is 25.0 Å². The molecule has 1 atom stereocenters. The Kier molecular flexibility index (Phi) is 4.35. The number of anilines is 1. The van der Waals surface area contributed by atoms with Crippen LogP contribution in [0.3, 0.4) is 0 Å². The van der Waals surface area contributed by atoms with Crippen molar-refractivity contribution < 1.29 is 0 Å². The van der Waals surface area contributed by atoms with Crippen molar-refractivity contribution in [3.8, 4) is 6.07 Å². The lowest BCUT2D eigenvalue weighted by atomic mass is 10.1. The third kappa shape index (κ3) is 3.03. The van der Waals surface area contributed by atoms with Crippen molar-refractivity contribution in [1.82, 2.24) is 4.98 Å². The van der Waals surface area contributed by atoms with Crippen LogP contribution >= 0.6 is 0 Å². The van der Waals surface area contributed by atoms with E-state index in [4.69, 9.17) is 0 Å². The van der Waals surface area contributed by atoms with Crippen LogP contribution in [-0.2, 0) is 0 Å². The van der Waals surface area contributed by atoms with E-state index in [1.54, 1.807) is 0 Å². The highest BCUT2D eigenvalue weighted by molar-refractivity contribution is 5.86. The van der Waals surface area contributed by atoms with E-state index in [0.717, 1.165) is 36.0 Å². The first-order valence-corrected chi connectivity index (χ1v) is 6.84. The molecule has 2 rings (SSSR count). The first-order valence-electron chi connectivity index (χ1n) is 6.84. The molecule has 0 amide bonds. The summed E-state index contributed by atoms with van der Waals surface area (Å²) in [7, 11) is 0. The third-order valence-electron chi connectivity index (χ3n) is 3.32. The zero-order chi connectivity index (χ0) is 13.7. The van der Waals surface area contributed by atoms with Crippen molar-refractivity contribution in [3.63, 3.8) is 0 Å². The van der Waals surface area contributed by atoms with E-state index in [0.29, 0.717) is 11.6 Å². The molecule has 0 aliphatic heterocycles. The summed E-state index contributed by atoms with van der Waals surface area (Å²) in [5.41, 5.74) is 1.55. The van der Waals surface area contributed by atoms with Crippen LogP contribution in [0.2, 0.25) is 0 Å². The molecule has 1 heterocycles. The van der Waals surface area contributed by atoms with Crippen LogP contribution in [-0.4, -0.2) is 11.0 Å². The molecule has 0 saturated heterocycles. The van der Waals surface area contributed by atoms with Crippen molar-refractivity contribution in [2.45, 2.75) is 39.2 Å². The molecule has 19 heavy (non-hydrogen) atoms. The predicted octanol–water partition coefficient (Wildman–Crippen LogP) is 4.10. The predicted molar refractivity (Wildman–Crippen MR) is 79.1 cm³/mol. The smallest absolute Gasteiger partial charge is 0.128 e. The Morgan fingerprint density at radius 3 is 2.79 bits per heavy atom. The Bertz CT molecular complexity index is 598. The Morgan fingerprint density at radius 2 is 2.11 bits per heavy atom. The number of nitrogens with zero attached hydrogens (tertiary/aromatic N) is 2. The fourth-order valence-electron chi connectivity index (χ4n) is 2.28. The minimum atomic E-state index is 0.421. The average Bonchev–Trinajstić information content (AvgIpc) is 2.45. The molecule has 1 unspecified atom stereocenters. The largest absolute Gasteiger partial charge is 0.367 e. The first kappa shape index (κ1) is 13.4. The Labute approximate surface area is 114 Å². The van der Waals surface area contributed by atoms with E-state index in [9.17, 15) is 5.26 Å². The summed E-state index contributed by atoms with van der Waals surface area (Å²) < 4.78 is 0. The van der Waals surface area contributed by atoms with E-state index >= 15 is 0 Å². The molecule has 0 fully saturated rings. The molecule has 0 radical (unpaired) electrons. The highest BCUT2D eigenvalue weighted by atomic mass is 15.0. The van der Waals surface area contributed by atoms with E-state index in [1.165, 1.54) is 0 Å². The normalized spacial score (nSPS) is 12.1. The number of para-hydroxylation sites is 1. The summed E-state index contributed by atoms with van der Waals surface area (Å²) in [6.07, 6.45) is 3.32. The van der Waals surface area contributed by atoms with Crippen LogP contribution in [0.15, 0.2) is 30.3 Å². The van der Waals surface area contributed by atoms with Gasteiger partial charge in [0.1, 0.15) is 5.82 Å². The SMILES string of the molecule is CCCC(CC)Nc1cc(C#N)c2ccccc2n1. The summed E-state index contributed by atoms with van der Waals surface area (Å²) in [6.45, 7) is 4.35. The van der Waals surface area contributed by atoms with Gasteiger partial charge in [-0.3, -0.25) is 0 Å². The van der Waals surface area contributed by atoms with Gasteiger partial charge >= 0.3 is 0 Å². The Hall–Kier alpha value is -2.08. The van der Waals surface area contributed by atoms with Crippen molar-refractivity contribution in [2.24, 2.45) is 0 Å². The maximum absolute atomic E-state index is 9.25. The topological polar surface area (TPSA) is 48.7 Å². The van der Waals surface area contributed by atoms with Gasteiger partial charge in [0.25, 0.3) is 0 Å². The minimum Gasteiger partial charge on any atom is -0.367 e. The maximum Gasteiger partial charge on any atom is 0.128 e. The van der Waals surface area contributed by atoms with Gasteiger partial charge in [-0.2, -0.15) is 5.26 Å². The number of hydrogen-bond acceptors (Lipinski definition) is 3. The van der Waals surface area contributed by atoms with Gasteiger partial charge in [0.2, 0.25) is 0 Å². The van der Waals surface area contributed by atoms with Crippen molar-refractivity contribution in [3.05, 3.63) is 35.9 Å². The van der Waals surface area contributed by atoms with Gasteiger partial charge in [0.15, 0.2) is 0 Å². The molecule has 0 aliphatic rings. The highest BCUT2D eigenvalue weighted by Crippen LogP contribution is 2.21. The standard InChI is InChI=1S/C16H19N3/c1-3-7-13(4-2)18-16-10-12(11-17)14-8-5-6-9-15(14)19-16/h5-6,8-10,13H,3-4,7H2,1-2H3,(H,18,19). The lowest BCUT2D eigenvalue weighted by Gasteiger charge is -2.17. The molecule has 0 bridgehead atoms. The van der Waals surface area contributed by atoms with E-state index < -0.39 is 0 Å². The van der Waals surface area contributed by atoms with Crippen molar-refractivity contribution >= 4 is 16.7 Å². The Morgan fingerprint density at radius 1 is 1.32 bits per heavy atom. The quantitative estimate of drug-likeness (QED) is 0.872. The lowest BCUT2D eigenvalue weighted by molar-refractivity contribution is 0.621. The zero-order valence-corrected chi connectivity index (χ0v) is 11.5. The molecule has 3 heteroatoms. The number of benzene rings is 1. The second-order valence-electron chi connectivity index (χ2n) is 4.72. The van der Waals surface area contributed by atoms with Crippen LogP contribution in [0.25, 0.3) is 10.9 Å². The molecular weight excluding hydrogens is 234 g/mol. The summed E-state index contributed by atoms with van der Waals surface area (Å²) in [6, 6.07) is 12.3. The lowest BCUT2D eigenvalue weighted by Crippen LogP contribution is -2.18. The molecular formula is C16H19N3. The number of rotatable bonds is 5. The summed E-state index contributed by atoms with van der Waals surface area (Å²) in [5, 5.41) is 13.6. The van der Waals surface area contributed by atoms with Crippen LogP contribution in [0.1, 0.15) is 38.7 Å². The third-order valence-corrected chi connectivity index (χ3v) is 3.32. The zero-order valence-electron chi connectivity index (χ0n) is 11.5. The van der Waals surface area contributed by atoms with Gasteiger partial charge in [0.05, 0.1) is 17.1 Å². The molecule has 98 valence electrons. The van der Waals surface area contributed by atoms with Gasteiger partial charge in [-0.1, -0.05) is 38.5 Å². The molecule has 0 aliphatic carbocycles. The van der Waals surface area contributed by atoms with Gasteiger partial charge in [-0.25, -0.2) is 4.98 Å². The highest BCUT2D eigenvalue weighted by Gasteiger charge is 2.09. The van der Waals surface area contributed by atoms with Gasteiger partial charge in [-0.15, -0.1) is 0 Å². The summed E-state index contributed by atoms with van der Waals surface area (Å²) in [5.74, 6) is 0.801. The van der Waals surface area contributed by atoms with Crippen LogP contribution < -0.4 is 5.32 Å². The first-order chi connectivity index (χ1) is 9.28. The second kappa shape index (κ2) is 6.19. The van der Waals surface area contributed by atoms with Crippen LogP contribution in [0.5, 0.6) is 0 Å². The van der Waals surface area contributed by atoms with Gasteiger partial charge in [0, 0.05) is 11.4 Å². The van der Waals surface area contributed by atoms with Gasteiger partial charge < -0.3 is 5.32 Å².